The van der Waals surface area contributed by atoms with Gasteiger partial charge in [0.05, 0.1) is 26.9 Å². The summed E-state index contributed by atoms with van der Waals surface area (Å²) in [6, 6.07) is 22.8. The van der Waals surface area contributed by atoms with Gasteiger partial charge in [0.2, 0.25) is 5.43 Å². The molecule has 0 spiro atoms. The quantitative estimate of drug-likeness (QED) is 0.100. The predicted molar refractivity (Wildman–Crippen MR) is 213 cm³/mol. The average Bonchev–Trinajstić information content (AvgIpc) is 3.22. The summed E-state index contributed by atoms with van der Waals surface area (Å²) in [6.07, 6.45) is 6.99. The highest BCUT2D eigenvalue weighted by Gasteiger charge is 2.21. The van der Waals surface area contributed by atoms with Crippen LogP contribution in [0.25, 0.3) is 33.4 Å². The average molecular weight is 780 g/mol. The summed E-state index contributed by atoms with van der Waals surface area (Å²) in [5.41, 5.74) is 12.3. The van der Waals surface area contributed by atoms with E-state index in [2.05, 4.69) is 10.3 Å². The van der Waals surface area contributed by atoms with Crippen LogP contribution in [-0.2, 0) is 20.8 Å². The maximum Gasteiger partial charge on any atom is 0.291 e. The monoisotopic (exact) mass is 779 g/mol. The van der Waals surface area contributed by atoms with Crippen molar-refractivity contribution in [1.82, 2.24) is 9.55 Å². The zero-order valence-electron chi connectivity index (χ0n) is 31.7. The van der Waals surface area contributed by atoms with Gasteiger partial charge < -0.3 is 44.5 Å². The highest BCUT2D eigenvalue weighted by Crippen LogP contribution is 2.35. The molecular formula is C42H45N5O10. The second-order valence-electron chi connectivity index (χ2n) is 13.7. The molecule has 1 atom stereocenters. The van der Waals surface area contributed by atoms with Crippen LogP contribution in [0, 0.1) is 23.0 Å². The van der Waals surface area contributed by atoms with Gasteiger partial charge in [-0.05, 0) is 72.7 Å². The van der Waals surface area contributed by atoms with Crippen molar-refractivity contribution < 1.29 is 38.8 Å². The van der Waals surface area contributed by atoms with Crippen molar-refractivity contribution in [3.63, 3.8) is 0 Å². The van der Waals surface area contributed by atoms with E-state index in [1.54, 1.807) is 31.6 Å². The van der Waals surface area contributed by atoms with Gasteiger partial charge in [-0.25, -0.2) is 4.98 Å². The molecule has 2 aromatic heterocycles. The zero-order chi connectivity index (χ0) is 40.3. The van der Waals surface area contributed by atoms with E-state index in [-0.39, 0.29) is 17.1 Å². The van der Waals surface area contributed by atoms with Gasteiger partial charge in [-0.1, -0.05) is 48.0 Å². The third-order valence-electron chi connectivity index (χ3n) is 9.68. The summed E-state index contributed by atoms with van der Waals surface area (Å²) in [4.78, 5) is 40.3. The summed E-state index contributed by atoms with van der Waals surface area (Å²) in [5.74, 6) is 1.48. The first-order chi connectivity index (χ1) is 27.6. The summed E-state index contributed by atoms with van der Waals surface area (Å²) < 4.78 is 30.3. The fraction of sp³-hybridized carbons (Fsp3) is 0.310. The number of benzene rings is 3. The number of nitrogen functional groups attached to an aromatic ring is 1. The molecule has 0 aliphatic carbocycles. The first-order valence-corrected chi connectivity index (χ1v) is 18.5. The molecule has 0 unspecified atom stereocenters. The topological polar surface area (TPSA) is 200 Å². The number of aromatic nitrogens is 2. The first kappa shape index (κ1) is 40.4. The number of ether oxygens (including phenoxy) is 5. The smallest absolute Gasteiger partial charge is 0.291 e. The summed E-state index contributed by atoms with van der Waals surface area (Å²) in [6.45, 7) is 6.13. The number of nitrogens with one attached hydrogen (secondary N) is 1. The minimum absolute atomic E-state index is 0.0866. The predicted octanol–water partition coefficient (Wildman–Crippen LogP) is 6.27. The van der Waals surface area contributed by atoms with Crippen LogP contribution >= 0.6 is 0 Å². The molecule has 15 heteroatoms. The minimum atomic E-state index is -1.50. The van der Waals surface area contributed by atoms with Crippen LogP contribution in [0.3, 0.4) is 0 Å². The van der Waals surface area contributed by atoms with Crippen molar-refractivity contribution in [2.45, 2.75) is 32.4 Å². The second kappa shape index (κ2) is 19.0. The largest absolute Gasteiger partial charge is 0.493 e. The lowest BCUT2D eigenvalue weighted by Crippen LogP contribution is -2.33. The van der Waals surface area contributed by atoms with Crippen LogP contribution < -0.4 is 26.0 Å². The van der Waals surface area contributed by atoms with E-state index in [0.29, 0.717) is 67.5 Å². The Morgan fingerprint density at radius 1 is 0.930 bits per heavy atom. The number of nitrogens with two attached hydrogens (primary N) is 1. The van der Waals surface area contributed by atoms with Gasteiger partial charge in [0.1, 0.15) is 24.1 Å². The van der Waals surface area contributed by atoms with Crippen molar-refractivity contribution >= 4 is 17.4 Å². The van der Waals surface area contributed by atoms with Crippen molar-refractivity contribution in [2.24, 2.45) is 5.92 Å². The zero-order valence-corrected chi connectivity index (χ0v) is 31.7. The van der Waals surface area contributed by atoms with Crippen LogP contribution in [0.5, 0.6) is 11.5 Å². The van der Waals surface area contributed by atoms with E-state index >= 15 is 0 Å². The number of rotatable bonds is 11. The van der Waals surface area contributed by atoms with Crippen LogP contribution in [0.1, 0.15) is 28.8 Å². The van der Waals surface area contributed by atoms with Crippen LogP contribution in [0.2, 0.25) is 0 Å². The number of aryl methyl sites for hydroxylation is 1. The maximum atomic E-state index is 13.8. The molecule has 7 rings (SSSR count). The lowest BCUT2D eigenvalue weighted by atomic mass is 9.99. The number of amides is 1. The molecule has 0 saturated carbocycles. The molecule has 0 radical (unpaired) electrons. The van der Waals surface area contributed by atoms with Gasteiger partial charge in [-0.3, -0.25) is 9.59 Å². The Balaban J connectivity index is 0.00000131. The fourth-order valence-electron chi connectivity index (χ4n) is 6.64. The minimum Gasteiger partial charge on any atom is -0.493 e. The van der Waals surface area contributed by atoms with E-state index in [4.69, 9.17) is 44.7 Å². The molecule has 5 aromatic rings. The van der Waals surface area contributed by atoms with Crippen molar-refractivity contribution in [3.05, 3.63) is 123 Å². The molecule has 298 valence electrons. The Kier molecular flexibility index (Phi) is 13.5. The number of anilines is 2. The van der Waals surface area contributed by atoms with E-state index in [9.17, 15) is 9.59 Å². The van der Waals surface area contributed by atoms with Gasteiger partial charge in [-0.15, -0.1) is 10.1 Å². The van der Waals surface area contributed by atoms with Crippen molar-refractivity contribution in [1.29, 1.82) is 0 Å². The molecule has 0 bridgehead atoms. The molecule has 4 N–H and O–H groups in total. The SMILES string of the molecule is COc1cc(-c2cnc(N)c(-c3ccc(NC(=O)c4cn(CC5CCOCC5)cc(-c5ccc(C)cc5)c4=O)cc3)c2)ccc1OC[C@H]1COCCO1.O=[N+]([O-])O. The Labute approximate surface area is 329 Å². The molecule has 57 heavy (non-hydrogen) atoms. The molecule has 2 fully saturated rings. The molecule has 2 saturated heterocycles. The molecular weight excluding hydrogens is 734 g/mol. The van der Waals surface area contributed by atoms with Gasteiger partial charge in [0.25, 0.3) is 11.0 Å². The number of hydrogen-bond donors (Lipinski definition) is 3. The van der Waals surface area contributed by atoms with Crippen molar-refractivity contribution in [3.8, 4) is 44.9 Å². The van der Waals surface area contributed by atoms with Gasteiger partial charge >= 0.3 is 0 Å². The molecule has 4 heterocycles. The lowest BCUT2D eigenvalue weighted by Gasteiger charge is -2.23. The number of carbonyl (C=O) groups is 1. The fourth-order valence-corrected chi connectivity index (χ4v) is 6.64. The number of methoxy groups -OCH3 is 1. The van der Waals surface area contributed by atoms with E-state index in [1.165, 1.54) is 0 Å². The molecule has 3 aromatic carbocycles. The van der Waals surface area contributed by atoms with E-state index in [1.807, 2.05) is 78.4 Å². The summed E-state index contributed by atoms with van der Waals surface area (Å²) in [5, 5.41) is 16.6. The number of nitrogens with zero attached hydrogens (tertiary/aromatic N) is 3. The van der Waals surface area contributed by atoms with Crippen molar-refractivity contribution in [2.75, 3.05) is 57.8 Å². The Hall–Kier alpha value is -6.29. The van der Waals surface area contributed by atoms with E-state index < -0.39 is 11.0 Å². The summed E-state index contributed by atoms with van der Waals surface area (Å²) >= 11 is 0. The van der Waals surface area contributed by atoms with Crippen LogP contribution in [0.4, 0.5) is 11.5 Å². The maximum absolute atomic E-state index is 13.8. The number of carbonyl (C=O) groups excluding carboxylic acids is 1. The number of hydrogen-bond acceptors (Lipinski definition) is 11. The molecule has 2 aliphatic heterocycles. The van der Waals surface area contributed by atoms with E-state index in [0.717, 1.165) is 59.4 Å². The highest BCUT2D eigenvalue weighted by molar-refractivity contribution is 6.04. The normalized spacial score (nSPS) is 15.5. The number of pyridine rings is 2. The summed E-state index contributed by atoms with van der Waals surface area (Å²) in [7, 11) is 1.60. The highest BCUT2D eigenvalue weighted by atomic mass is 16.9. The third-order valence-corrected chi connectivity index (χ3v) is 9.68. The van der Waals surface area contributed by atoms with Gasteiger partial charge in [0, 0.05) is 60.7 Å². The molecule has 1 amide bonds. The lowest BCUT2D eigenvalue weighted by molar-refractivity contribution is -0.742. The van der Waals surface area contributed by atoms with Gasteiger partial charge in [-0.2, -0.15) is 0 Å². The Bertz CT molecular complexity index is 2210. The van der Waals surface area contributed by atoms with Crippen LogP contribution in [0.15, 0.2) is 96.2 Å². The third kappa shape index (κ3) is 10.7. The first-order valence-electron chi connectivity index (χ1n) is 18.5. The molecule has 2 aliphatic rings. The Morgan fingerprint density at radius 2 is 1.61 bits per heavy atom. The molecule has 15 nitrogen and oxygen atoms in total. The standard InChI is InChI=1S/C42H44N4O7.HNO3/c1-27-3-5-30(6-4-27)36-23-46(22-28-13-15-50-16-14-28)24-37(40(36)47)42(48)45-33-10-7-29(8-11-33)35-19-32(21-44-41(35)43)31-9-12-38(39(20-31)49-2)53-26-34-25-51-17-18-52-34;2-1(3)4/h3-12,19-21,23-24,28,34H,13-18,22,25-26H2,1-2H3,(H2,43,44)(H,45,48);(H,2,3,4)/t34-;/m1./s1. The van der Waals surface area contributed by atoms with Gasteiger partial charge in [0.15, 0.2) is 11.5 Å². The Morgan fingerprint density at radius 3 is 2.30 bits per heavy atom. The second-order valence-corrected chi connectivity index (χ2v) is 13.7. The van der Waals surface area contributed by atoms with Crippen LogP contribution in [-0.4, -0.2) is 78.6 Å².